The Bertz CT molecular complexity index is 2020. The third-order valence-corrected chi connectivity index (χ3v) is 9.47. The summed E-state index contributed by atoms with van der Waals surface area (Å²) in [6.45, 7) is 13.9. The number of fused-ring (bicyclic) bond motifs is 4. The number of nitrogens with one attached hydrogen (secondary N) is 2. The van der Waals surface area contributed by atoms with Crippen molar-refractivity contribution in [2.75, 3.05) is 26.3 Å². The number of piperidine rings is 1. The van der Waals surface area contributed by atoms with Gasteiger partial charge in [0.05, 0.1) is 23.1 Å². The summed E-state index contributed by atoms with van der Waals surface area (Å²) in [7, 11) is 0. The quantitative estimate of drug-likeness (QED) is 0.130. The Morgan fingerprint density at radius 2 is 1.47 bits per heavy atom. The molecule has 6 rings (SSSR count). The van der Waals surface area contributed by atoms with Gasteiger partial charge >= 0.3 is 18.2 Å². The number of imidazole rings is 1. The fourth-order valence-corrected chi connectivity index (χ4v) is 7.09. The van der Waals surface area contributed by atoms with Crippen LogP contribution in [0.3, 0.4) is 0 Å². The third kappa shape index (κ3) is 9.38. The van der Waals surface area contributed by atoms with Crippen LogP contribution in [0.5, 0.6) is 5.75 Å². The second-order valence-electron chi connectivity index (χ2n) is 15.9. The summed E-state index contributed by atoms with van der Waals surface area (Å²) in [6, 6.07) is 19.4. The molecule has 13 heteroatoms. The molecule has 1 aromatic heterocycles. The van der Waals surface area contributed by atoms with Gasteiger partial charge < -0.3 is 39.0 Å². The predicted octanol–water partition coefficient (Wildman–Crippen LogP) is 6.94. The Morgan fingerprint density at radius 3 is 2.07 bits per heavy atom. The smallest absolute Gasteiger partial charge is 0.410 e. The minimum absolute atomic E-state index is 0.0699. The lowest BCUT2D eigenvalue weighted by Gasteiger charge is -2.33. The van der Waals surface area contributed by atoms with Crippen LogP contribution in [-0.2, 0) is 32.1 Å². The summed E-state index contributed by atoms with van der Waals surface area (Å²) in [6.07, 6.45) is 0.126. The molecule has 2 heterocycles. The van der Waals surface area contributed by atoms with Gasteiger partial charge in [-0.25, -0.2) is 19.4 Å². The Hall–Kier alpha value is -5.59. The van der Waals surface area contributed by atoms with Crippen molar-refractivity contribution >= 4 is 35.1 Å². The zero-order valence-electron chi connectivity index (χ0n) is 32.7. The van der Waals surface area contributed by atoms with Crippen molar-refractivity contribution in [3.8, 4) is 16.9 Å². The van der Waals surface area contributed by atoms with Gasteiger partial charge in [0, 0.05) is 37.7 Å². The molecule has 55 heavy (non-hydrogen) atoms. The van der Waals surface area contributed by atoms with E-state index in [2.05, 4.69) is 34.9 Å². The first-order valence-electron chi connectivity index (χ1n) is 18.9. The first-order valence-corrected chi connectivity index (χ1v) is 18.9. The van der Waals surface area contributed by atoms with Gasteiger partial charge in [-0.15, -0.1) is 0 Å². The van der Waals surface area contributed by atoms with Gasteiger partial charge in [-0.05, 0) is 89.6 Å². The Morgan fingerprint density at radius 1 is 0.855 bits per heavy atom. The minimum atomic E-state index is -0.714. The number of nitrogens with zero attached hydrogens (tertiary/aromatic N) is 3. The zero-order chi connectivity index (χ0) is 39.5. The van der Waals surface area contributed by atoms with Crippen molar-refractivity contribution in [1.29, 1.82) is 0 Å². The number of hydrogen-bond acceptors (Lipinski definition) is 9. The van der Waals surface area contributed by atoms with E-state index in [1.165, 1.54) is 0 Å². The summed E-state index contributed by atoms with van der Waals surface area (Å²) < 4.78 is 24.6. The highest BCUT2D eigenvalue weighted by molar-refractivity contribution is 6.01. The maximum Gasteiger partial charge on any atom is 0.410 e. The van der Waals surface area contributed by atoms with Crippen molar-refractivity contribution < 1.29 is 38.1 Å². The second kappa shape index (κ2) is 16.0. The van der Waals surface area contributed by atoms with Gasteiger partial charge in [0.2, 0.25) is 0 Å². The lowest BCUT2D eigenvalue weighted by atomic mass is 9.98. The first-order chi connectivity index (χ1) is 26.1. The number of carbonyl (C=O) groups is 4. The molecule has 3 amide bonds. The van der Waals surface area contributed by atoms with E-state index in [4.69, 9.17) is 23.9 Å². The molecule has 0 bridgehead atoms. The molecule has 1 fully saturated rings. The van der Waals surface area contributed by atoms with Crippen LogP contribution in [-0.4, -0.2) is 82.1 Å². The average molecular weight is 754 g/mol. The van der Waals surface area contributed by atoms with E-state index < -0.39 is 35.8 Å². The minimum Gasteiger partial charge on any atom is -0.481 e. The van der Waals surface area contributed by atoms with Crippen molar-refractivity contribution in [3.63, 3.8) is 0 Å². The van der Waals surface area contributed by atoms with Gasteiger partial charge in [0.15, 0.2) is 6.61 Å². The van der Waals surface area contributed by atoms with E-state index in [0.29, 0.717) is 49.3 Å². The van der Waals surface area contributed by atoms with E-state index >= 15 is 0 Å². The molecule has 0 saturated carbocycles. The standard InChI is InChI=1S/C42H51N5O8/c1-8-47-34-22-35(52-25-37(48)54-41(2,3)4)31(38(49)44-26-17-19-46(20-18-26)40(51)55-42(5,6)7)21-33(34)45-36(47)23-43-39(50)53-24-32-29-15-11-9-13-27(29)28-14-10-12-16-30(28)32/h9-16,21-22,26,32H,8,17-20,23-25H2,1-7H3,(H,43,50)(H,44,49). The van der Waals surface area contributed by atoms with E-state index in [9.17, 15) is 19.2 Å². The first kappa shape index (κ1) is 39.1. The largest absolute Gasteiger partial charge is 0.481 e. The molecular weight excluding hydrogens is 702 g/mol. The van der Waals surface area contributed by atoms with Crippen LogP contribution < -0.4 is 15.4 Å². The molecule has 0 atom stereocenters. The summed E-state index contributed by atoms with van der Waals surface area (Å²) in [4.78, 5) is 58.5. The summed E-state index contributed by atoms with van der Waals surface area (Å²) >= 11 is 0. The number of rotatable bonds is 10. The molecule has 0 spiro atoms. The monoisotopic (exact) mass is 753 g/mol. The second-order valence-corrected chi connectivity index (χ2v) is 15.9. The number of benzene rings is 3. The number of esters is 1. The van der Waals surface area contributed by atoms with E-state index in [1.807, 2.05) is 56.5 Å². The fourth-order valence-electron chi connectivity index (χ4n) is 7.09. The van der Waals surface area contributed by atoms with Crippen LogP contribution in [0.1, 0.15) is 94.5 Å². The Balaban J connectivity index is 1.16. The SMILES string of the molecule is CCn1c(CNC(=O)OCC2c3ccccc3-c3ccccc32)nc2cc(C(=O)NC3CCN(C(=O)OC(C)(C)C)CC3)c(OCC(=O)OC(C)(C)C)cc21. The maximum atomic E-state index is 13.8. The van der Waals surface area contributed by atoms with Crippen molar-refractivity contribution in [3.05, 3.63) is 83.2 Å². The highest BCUT2D eigenvalue weighted by Crippen LogP contribution is 2.44. The van der Waals surface area contributed by atoms with Crippen LogP contribution in [0.25, 0.3) is 22.2 Å². The highest BCUT2D eigenvalue weighted by atomic mass is 16.6. The molecule has 1 saturated heterocycles. The molecule has 0 radical (unpaired) electrons. The molecule has 292 valence electrons. The number of hydrogen-bond donors (Lipinski definition) is 2. The predicted molar refractivity (Wildman–Crippen MR) is 207 cm³/mol. The number of likely N-dealkylation sites (tertiary alicyclic amines) is 1. The summed E-state index contributed by atoms with van der Waals surface area (Å²) in [5, 5.41) is 5.92. The molecule has 2 N–H and O–H groups in total. The lowest BCUT2D eigenvalue weighted by Crippen LogP contribution is -2.47. The molecule has 4 aromatic rings. The summed E-state index contributed by atoms with van der Waals surface area (Å²) in [5.74, 6) is -0.310. The normalized spacial score (nSPS) is 14.6. The molecule has 2 aliphatic rings. The molecular formula is C42H51N5O8. The van der Waals surface area contributed by atoms with Crippen molar-refractivity contribution in [1.82, 2.24) is 25.1 Å². The molecule has 1 aliphatic heterocycles. The van der Waals surface area contributed by atoms with E-state index in [-0.39, 0.29) is 42.5 Å². The topological polar surface area (TPSA) is 150 Å². The number of aryl methyl sites for hydroxylation is 1. The lowest BCUT2D eigenvalue weighted by molar-refractivity contribution is -0.157. The van der Waals surface area contributed by atoms with Gasteiger partial charge in [-0.3, -0.25) is 4.79 Å². The van der Waals surface area contributed by atoms with Crippen LogP contribution >= 0.6 is 0 Å². The van der Waals surface area contributed by atoms with Crippen LogP contribution in [0.2, 0.25) is 0 Å². The number of alkyl carbamates (subject to hydrolysis) is 1. The number of ether oxygens (including phenoxy) is 4. The van der Waals surface area contributed by atoms with Gasteiger partial charge in [0.25, 0.3) is 5.91 Å². The number of carbonyl (C=O) groups excluding carboxylic acids is 4. The van der Waals surface area contributed by atoms with Gasteiger partial charge in [-0.1, -0.05) is 48.5 Å². The van der Waals surface area contributed by atoms with Crippen molar-refractivity contribution in [2.45, 2.75) is 97.6 Å². The van der Waals surface area contributed by atoms with Crippen LogP contribution in [0.15, 0.2) is 60.7 Å². The van der Waals surface area contributed by atoms with Crippen molar-refractivity contribution in [2.24, 2.45) is 0 Å². The Kier molecular flexibility index (Phi) is 11.4. The maximum absolute atomic E-state index is 13.8. The average Bonchev–Trinajstić information content (AvgIpc) is 3.64. The highest BCUT2D eigenvalue weighted by Gasteiger charge is 2.31. The van der Waals surface area contributed by atoms with E-state index in [0.717, 1.165) is 22.3 Å². The molecule has 1 aliphatic carbocycles. The number of amides is 3. The number of aromatic nitrogens is 2. The van der Waals surface area contributed by atoms with Gasteiger partial charge in [-0.2, -0.15) is 0 Å². The molecule has 3 aromatic carbocycles. The van der Waals surface area contributed by atoms with E-state index in [1.54, 1.807) is 37.8 Å². The van der Waals surface area contributed by atoms with Gasteiger partial charge in [0.1, 0.15) is 29.4 Å². The third-order valence-electron chi connectivity index (χ3n) is 9.47. The fraction of sp³-hybridized carbons (Fsp3) is 0.452. The summed E-state index contributed by atoms with van der Waals surface area (Å²) in [5.41, 5.74) is 4.60. The molecule has 13 nitrogen and oxygen atoms in total. The molecule has 0 unspecified atom stereocenters. The van der Waals surface area contributed by atoms with Crippen LogP contribution in [0, 0.1) is 0 Å². The van der Waals surface area contributed by atoms with Crippen LogP contribution in [0.4, 0.5) is 9.59 Å². The zero-order valence-corrected chi connectivity index (χ0v) is 32.7. The Labute approximate surface area is 321 Å².